The van der Waals surface area contributed by atoms with E-state index in [9.17, 15) is 49.5 Å². The lowest BCUT2D eigenvalue weighted by molar-refractivity contribution is -0.384. The molecule has 0 aliphatic carbocycles. The normalized spacial score (nSPS) is 26.8. The minimum absolute atomic E-state index is 0.0952. The molecule has 9 atom stereocenters. The molecule has 0 bridgehead atoms. The number of carbonyl (C=O) groups excluding carboxylic acids is 5. The Morgan fingerprint density at radius 2 is 1.24 bits per heavy atom. The molecule has 2 aliphatic heterocycles. The number of esters is 5. The highest BCUT2D eigenvalue weighted by atomic mass is 16.8. The maximum atomic E-state index is 13.3. The Balaban J connectivity index is 1.65. The van der Waals surface area contributed by atoms with E-state index in [0.717, 1.165) is 32.9 Å². The van der Waals surface area contributed by atoms with Crippen LogP contribution in [-0.2, 0) is 61.9 Å². The molecule has 4 rings (SSSR count). The second kappa shape index (κ2) is 20.1. The summed E-state index contributed by atoms with van der Waals surface area (Å²) in [6.45, 7) is 0.496. The van der Waals surface area contributed by atoms with Gasteiger partial charge in [0, 0.05) is 32.9 Å². The number of phenolic OH excluding ortho intramolecular Hbond substituents is 2. The molecule has 20 nitrogen and oxygen atoms in total. The monoisotopic (exact) mass is 820 g/mol. The van der Waals surface area contributed by atoms with Crippen molar-refractivity contribution in [2.45, 2.75) is 75.6 Å². The van der Waals surface area contributed by atoms with Crippen molar-refractivity contribution in [2.75, 3.05) is 34.0 Å². The molecule has 0 aromatic heterocycles. The van der Waals surface area contributed by atoms with E-state index in [1.165, 1.54) is 62.8 Å². The lowest BCUT2D eigenvalue weighted by Crippen LogP contribution is -2.64. The van der Waals surface area contributed by atoms with E-state index in [4.69, 9.17) is 47.4 Å². The van der Waals surface area contributed by atoms with Gasteiger partial charge in [0.15, 0.2) is 41.3 Å². The van der Waals surface area contributed by atoms with Crippen molar-refractivity contribution >= 4 is 42.0 Å². The van der Waals surface area contributed by atoms with Crippen LogP contribution in [0.15, 0.2) is 48.6 Å². The number of rotatable bonds is 16. The summed E-state index contributed by atoms with van der Waals surface area (Å²) in [6, 6.07) is 8.44. The summed E-state index contributed by atoms with van der Waals surface area (Å²) in [7, 11) is 2.66. The van der Waals surface area contributed by atoms with Crippen LogP contribution in [0.2, 0.25) is 0 Å². The summed E-state index contributed by atoms with van der Waals surface area (Å²) in [4.78, 5) is 61.8. The average Bonchev–Trinajstić information content (AvgIpc) is 3.43. The molecular weight excluding hydrogens is 776 g/mol. The van der Waals surface area contributed by atoms with Crippen LogP contribution in [-0.4, -0.2) is 144 Å². The molecule has 0 unspecified atom stereocenters. The lowest BCUT2D eigenvalue weighted by atomic mass is 9.98. The maximum Gasteiger partial charge on any atom is 0.331 e. The van der Waals surface area contributed by atoms with Crippen molar-refractivity contribution in [3.63, 3.8) is 0 Å². The SMILES string of the molecule is COc1cc(/C=C/C(=O)OC[C@H]2O[C@@](CO)(O[C@H]3O[C@H](COC(C)=O)[C@@H](OC(C)=O)[C@H](O)[C@H]3OC(C)=O)[C@@H](OC(=O)/C=C/c3ccc(O)c(OC)c3)[C@@H]2O)ccc1O. The molecule has 58 heavy (non-hydrogen) atoms. The van der Waals surface area contributed by atoms with E-state index < -0.39 is 104 Å². The van der Waals surface area contributed by atoms with Crippen LogP contribution in [0.25, 0.3) is 12.2 Å². The first-order chi connectivity index (χ1) is 27.5. The summed E-state index contributed by atoms with van der Waals surface area (Å²) in [6.07, 6.45) is -9.72. The van der Waals surface area contributed by atoms with Crippen LogP contribution in [0, 0.1) is 0 Å². The van der Waals surface area contributed by atoms with Gasteiger partial charge in [0.25, 0.3) is 0 Å². The molecule has 316 valence electrons. The average molecular weight is 821 g/mol. The Morgan fingerprint density at radius 1 is 0.707 bits per heavy atom. The van der Waals surface area contributed by atoms with Crippen LogP contribution < -0.4 is 9.47 Å². The van der Waals surface area contributed by atoms with E-state index in [0.29, 0.717) is 11.1 Å². The van der Waals surface area contributed by atoms with Gasteiger partial charge in [-0.1, -0.05) is 12.1 Å². The minimum Gasteiger partial charge on any atom is -0.504 e. The van der Waals surface area contributed by atoms with Crippen LogP contribution in [0.4, 0.5) is 0 Å². The number of aromatic hydroxyl groups is 2. The highest BCUT2D eigenvalue weighted by Gasteiger charge is 2.62. The molecular formula is C38H44O20. The van der Waals surface area contributed by atoms with Crippen LogP contribution in [0.5, 0.6) is 23.0 Å². The smallest absolute Gasteiger partial charge is 0.331 e. The highest BCUT2D eigenvalue weighted by molar-refractivity contribution is 5.88. The van der Waals surface area contributed by atoms with Crippen molar-refractivity contribution in [1.82, 2.24) is 0 Å². The van der Waals surface area contributed by atoms with E-state index in [1.54, 1.807) is 0 Å². The standard InChI is InChI=1S/C38H44O20/c1-19(40)51-17-29-34(53-20(2)41)33(48)35(54-21(3)42)37(55-29)58-38(18-39)36(56-31(46)13-9-23-7-11-25(44)27(15-23)50-5)32(47)28(57-38)16-52-30(45)12-8-22-6-10-24(43)26(14-22)49-4/h6-15,28-29,32-37,39,43-44,47-48H,16-18H2,1-5H3/b12-8+,13-9+/t28-,29-,32-,33+,34-,35-,36+,37-,38+/m1/s1. The molecule has 2 aromatic rings. The third-order valence-corrected chi connectivity index (χ3v) is 8.55. The first-order valence-electron chi connectivity index (χ1n) is 17.4. The molecule has 2 fully saturated rings. The van der Waals surface area contributed by atoms with Crippen molar-refractivity contribution in [3.05, 3.63) is 59.7 Å². The summed E-state index contributed by atoms with van der Waals surface area (Å²) < 4.78 is 54.3. The van der Waals surface area contributed by atoms with Gasteiger partial charge in [-0.05, 0) is 47.5 Å². The fraction of sp³-hybridized carbons (Fsp3) is 0.447. The zero-order chi connectivity index (χ0) is 42.7. The summed E-state index contributed by atoms with van der Waals surface area (Å²) in [5, 5.41) is 53.4. The van der Waals surface area contributed by atoms with Crippen molar-refractivity contribution in [2.24, 2.45) is 0 Å². The number of ether oxygens (including phenoxy) is 10. The molecule has 0 radical (unpaired) electrons. The molecule has 5 N–H and O–H groups in total. The van der Waals surface area contributed by atoms with E-state index in [1.807, 2.05) is 0 Å². The zero-order valence-corrected chi connectivity index (χ0v) is 31.9. The fourth-order valence-electron chi connectivity index (χ4n) is 5.87. The van der Waals surface area contributed by atoms with Gasteiger partial charge < -0.3 is 72.9 Å². The molecule has 0 amide bonds. The highest BCUT2D eigenvalue weighted by Crippen LogP contribution is 2.39. The maximum absolute atomic E-state index is 13.3. The predicted molar refractivity (Wildman–Crippen MR) is 192 cm³/mol. The molecule has 2 saturated heterocycles. The van der Waals surface area contributed by atoms with Gasteiger partial charge in [0.2, 0.25) is 12.1 Å². The van der Waals surface area contributed by atoms with E-state index in [-0.39, 0.29) is 23.0 Å². The second-order valence-electron chi connectivity index (χ2n) is 12.7. The van der Waals surface area contributed by atoms with Crippen molar-refractivity contribution < 1.29 is 96.9 Å². The van der Waals surface area contributed by atoms with Crippen LogP contribution >= 0.6 is 0 Å². The number of hydrogen-bond acceptors (Lipinski definition) is 20. The van der Waals surface area contributed by atoms with Crippen molar-refractivity contribution in [1.29, 1.82) is 0 Å². The van der Waals surface area contributed by atoms with Gasteiger partial charge in [0.05, 0.1) is 14.2 Å². The molecule has 0 saturated carbocycles. The molecule has 20 heteroatoms. The van der Waals surface area contributed by atoms with Crippen LogP contribution in [0.1, 0.15) is 31.9 Å². The number of aliphatic hydroxyl groups excluding tert-OH is 3. The Morgan fingerprint density at radius 3 is 1.76 bits per heavy atom. The summed E-state index contributed by atoms with van der Waals surface area (Å²) >= 11 is 0. The predicted octanol–water partition coefficient (Wildman–Crippen LogP) is 0.274. The van der Waals surface area contributed by atoms with Gasteiger partial charge in [-0.2, -0.15) is 0 Å². The number of carbonyl (C=O) groups is 5. The Bertz CT molecular complexity index is 1860. The Kier molecular flexibility index (Phi) is 15.6. The zero-order valence-electron chi connectivity index (χ0n) is 31.9. The van der Waals surface area contributed by atoms with E-state index in [2.05, 4.69) is 0 Å². The van der Waals surface area contributed by atoms with Gasteiger partial charge in [-0.15, -0.1) is 0 Å². The third kappa shape index (κ3) is 11.4. The molecule has 2 heterocycles. The van der Waals surface area contributed by atoms with Gasteiger partial charge >= 0.3 is 29.8 Å². The number of aliphatic hydroxyl groups is 3. The number of benzene rings is 2. The van der Waals surface area contributed by atoms with Crippen LogP contribution in [0.3, 0.4) is 0 Å². The largest absolute Gasteiger partial charge is 0.504 e. The van der Waals surface area contributed by atoms with Gasteiger partial charge in [-0.25, -0.2) is 9.59 Å². The number of phenols is 2. The third-order valence-electron chi connectivity index (χ3n) is 8.55. The Hall–Kier alpha value is -5.77. The topological polar surface area (TPSA) is 279 Å². The number of methoxy groups -OCH3 is 2. The number of hydrogen-bond donors (Lipinski definition) is 5. The second-order valence-corrected chi connectivity index (χ2v) is 12.7. The first kappa shape index (κ1) is 44.9. The van der Waals surface area contributed by atoms with E-state index >= 15 is 0 Å². The lowest BCUT2D eigenvalue weighted by Gasteiger charge is -2.45. The summed E-state index contributed by atoms with van der Waals surface area (Å²) in [5.41, 5.74) is 0.820. The quantitative estimate of drug-likeness (QED) is 0.0863. The first-order valence-corrected chi connectivity index (χ1v) is 17.4. The fourth-order valence-corrected chi connectivity index (χ4v) is 5.87. The van der Waals surface area contributed by atoms with Gasteiger partial charge in [-0.3, -0.25) is 14.4 Å². The van der Waals surface area contributed by atoms with Crippen molar-refractivity contribution in [3.8, 4) is 23.0 Å². The minimum atomic E-state index is -2.62. The molecule has 2 aliphatic rings. The summed E-state index contributed by atoms with van der Waals surface area (Å²) in [5.74, 6) is -7.41. The molecule has 0 spiro atoms. The molecule has 2 aromatic carbocycles. The Labute approximate surface area is 331 Å². The van der Waals surface area contributed by atoms with Gasteiger partial charge in [0.1, 0.15) is 44.2 Å².